The summed E-state index contributed by atoms with van der Waals surface area (Å²) in [6.45, 7) is 3.12. The molecule has 0 radical (unpaired) electrons. The van der Waals surface area contributed by atoms with E-state index in [-0.39, 0.29) is 0 Å². The standard InChI is InChI=1S/C18H26BrNO/c1-2-3-12-4-5-17(20)14(8-12)9-15-11-16(19)10-13-6-7-21-18(13)15/h10-12,14,17H,2-9,20H2,1H3. The molecule has 3 rings (SSSR count). The van der Waals surface area contributed by atoms with Crippen LogP contribution in [0.4, 0.5) is 0 Å². The number of hydrogen-bond donors (Lipinski definition) is 1. The molecule has 0 amide bonds. The summed E-state index contributed by atoms with van der Waals surface area (Å²) in [7, 11) is 0. The van der Waals surface area contributed by atoms with Crippen LogP contribution in [0, 0.1) is 11.8 Å². The zero-order valence-corrected chi connectivity index (χ0v) is 14.5. The van der Waals surface area contributed by atoms with Gasteiger partial charge in [-0.05, 0) is 60.8 Å². The molecular formula is C18H26BrNO. The fourth-order valence-electron chi connectivity index (χ4n) is 4.07. The summed E-state index contributed by atoms with van der Waals surface area (Å²) >= 11 is 3.65. The van der Waals surface area contributed by atoms with E-state index in [1.807, 2.05) is 0 Å². The highest BCUT2D eigenvalue weighted by Gasteiger charge is 2.29. The van der Waals surface area contributed by atoms with Crippen LogP contribution in [-0.4, -0.2) is 12.6 Å². The predicted molar refractivity (Wildman–Crippen MR) is 90.8 cm³/mol. The van der Waals surface area contributed by atoms with Crippen molar-refractivity contribution in [1.82, 2.24) is 0 Å². The first kappa shape index (κ1) is 15.4. The molecule has 0 saturated heterocycles. The van der Waals surface area contributed by atoms with Gasteiger partial charge in [0.25, 0.3) is 0 Å². The lowest BCUT2D eigenvalue weighted by Gasteiger charge is -2.34. The number of hydrogen-bond acceptors (Lipinski definition) is 2. The second-order valence-corrected chi connectivity index (χ2v) is 7.66. The summed E-state index contributed by atoms with van der Waals surface area (Å²) in [6.07, 6.45) is 8.56. The molecule has 1 aliphatic carbocycles. The lowest BCUT2D eigenvalue weighted by molar-refractivity contribution is 0.220. The first-order chi connectivity index (χ1) is 10.2. The molecule has 2 N–H and O–H groups in total. The average Bonchev–Trinajstić information content (AvgIpc) is 2.91. The molecule has 3 atom stereocenters. The molecule has 2 nitrogen and oxygen atoms in total. The van der Waals surface area contributed by atoms with Crippen molar-refractivity contribution in [2.45, 2.75) is 57.9 Å². The van der Waals surface area contributed by atoms with E-state index in [0.29, 0.717) is 12.0 Å². The zero-order valence-electron chi connectivity index (χ0n) is 12.9. The van der Waals surface area contributed by atoms with E-state index in [9.17, 15) is 0 Å². The van der Waals surface area contributed by atoms with E-state index in [2.05, 4.69) is 35.0 Å². The number of halogens is 1. The van der Waals surface area contributed by atoms with Crippen LogP contribution < -0.4 is 10.5 Å². The molecule has 1 aromatic rings. The Kier molecular flexibility index (Phi) is 4.90. The molecule has 2 aliphatic rings. The van der Waals surface area contributed by atoms with Crippen molar-refractivity contribution < 1.29 is 4.74 Å². The van der Waals surface area contributed by atoms with E-state index in [1.165, 1.54) is 47.7 Å². The Morgan fingerprint density at radius 2 is 2.19 bits per heavy atom. The topological polar surface area (TPSA) is 35.2 Å². The number of rotatable bonds is 4. The number of nitrogens with two attached hydrogens (primary N) is 1. The van der Waals surface area contributed by atoms with Gasteiger partial charge in [0.15, 0.2) is 0 Å². The molecule has 3 heteroatoms. The quantitative estimate of drug-likeness (QED) is 0.868. The second-order valence-electron chi connectivity index (χ2n) is 6.75. The lowest BCUT2D eigenvalue weighted by Crippen LogP contribution is -2.37. The summed E-state index contributed by atoms with van der Waals surface area (Å²) < 4.78 is 7.05. The van der Waals surface area contributed by atoms with Crippen LogP contribution >= 0.6 is 15.9 Å². The molecule has 1 fully saturated rings. The van der Waals surface area contributed by atoms with Gasteiger partial charge in [-0.1, -0.05) is 35.7 Å². The Hall–Kier alpha value is -0.540. The third kappa shape index (κ3) is 3.45. The van der Waals surface area contributed by atoms with Crippen molar-refractivity contribution in [2.24, 2.45) is 17.6 Å². The summed E-state index contributed by atoms with van der Waals surface area (Å²) in [4.78, 5) is 0. The van der Waals surface area contributed by atoms with E-state index < -0.39 is 0 Å². The second kappa shape index (κ2) is 6.70. The summed E-state index contributed by atoms with van der Waals surface area (Å²) in [5.41, 5.74) is 9.13. The third-order valence-corrected chi connectivity index (χ3v) is 5.61. The summed E-state index contributed by atoms with van der Waals surface area (Å²) in [6, 6.07) is 4.79. The minimum Gasteiger partial charge on any atom is -0.493 e. The summed E-state index contributed by atoms with van der Waals surface area (Å²) in [5, 5.41) is 0. The molecule has 21 heavy (non-hydrogen) atoms. The molecular weight excluding hydrogens is 326 g/mol. The van der Waals surface area contributed by atoms with E-state index >= 15 is 0 Å². The largest absolute Gasteiger partial charge is 0.493 e. The highest BCUT2D eigenvalue weighted by atomic mass is 79.9. The predicted octanol–water partition coefficient (Wildman–Crippen LogP) is 4.47. The third-order valence-electron chi connectivity index (χ3n) is 5.15. The first-order valence-corrected chi connectivity index (χ1v) is 9.16. The van der Waals surface area contributed by atoms with Gasteiger partial charge in [-0.2, -0.15) is 0 Å². The molecule has 0 aromatic heterocycles. The highest BCUT2D eigenvalue weighted by molar-refractivity contribution is 9.10. The van der Waals surface area contributed by atoms with Crippen LogP contribution in [0.1, 0.15) is 50.2 Å². The molecule has 0 spiro atoms. The molecule has 0 bridgehead atoms. The van der Waals surface area contributed by atoms with Crippen LogP contribution in [0.5, 0.6) is 5.75 Å². The zero-order chi connectivity index (χ0) is 14.8. The van der Waals surface area contributed by atoms with Gasteiger partial charge in [0, 0.05) is 16.9 Å². The van der Waals surface area contributed by atoms with Crippen LogP contribution in [0.3, 0.4) is 0 Å². The fraction of sp³-hybridized carbons (Fsp3) is 0.667. The molecule has 3 unspecified atom stereocenters. The molecule has 1 heterocycles. The van der Waals surface area contributed by atoms with Crippen molar-refractivity contribution in [2.75, 3.05) is 6.61 Å². The average molecular weight is 352 g/mol. The first-order valence-electron chi connectivity index (χ1n) is 8.37. The Morgan fingerprint density at radius 1 is 1.33 bits per heavy atom. The Labute approximate surface area is 136 Å². The van der Waals surface area contributed by atoms with E-state index in [4.69, 9.17) is 10.5 Å². The monoisotopic (exact) mass is 351 g/mol. The van der Waals surface area contributed by atoms with Crippen molar-refractivity contribution >= 4 is 15.9 Å². The number of benzene rings is 1. The fourth-order valence-corrected chi connectivity index (χ4v) is 4.62. The SMILES string of the molecule is CCCC1CCC(N)C(Cc2cc(Br)cc3c2OCC3)C1. The van der Waals surface area contributed by atoms with Crippen molar-refractivity contribution in [3.05, 3.63) is 27.7 Å². The van der Waals surface area contributed by atoms with Gasteiger partial charge in [-0.15, -0.1) is 0 Å². The highest BCUT2D eigenvalue weighted by Crippen LogP contribution is 2.38. The van der Waals surface area contributed by atoms with E-state index in [0.717, 1.165) is 31.1 Å². The number of fused-ring (bicyclic) bond motifs is 1. The van der Waals surface area contributed by atoms with Gasteiger partial charge in [0.1, 0.15) is 5.75 Å². The van der Waals surface area contributed by atoms with Crippen LogP contribution in [0.25, 0.3) is 0 Å². The normalized spacial score (nSPS) is 28.2. The molecule has 1 aromatic carbocycles. The van der Waals surface area contributed by atoms with Crippen LogP contribution in [0.15, 0.2) is 16.6 Å². The molecule has 1 saturated carbocycles. The van der Waals surface area contributed by atoms with Gasteiger partial charge < -0.3 is 10.5 Å². The van der Waals surface area contributed by atoms with E-state index in [1.54, 1.807) is 0 Å². The minimum atomic E-state index is 0.356. The maximum Gasteiger partial charge on any atom is 0.125 e. The Morgan fingerprint density at radius 3 is 3.00 bits per heavy atom. The molecule has 116 valence electrons. The van der Waals surface area contributed by atoms with Gasteiger partial charge in [0.05, 0.1) is 6.61 Å². The van der Waals surface area contributed by atoms with Crippen molar-refractivity contribution in [1.29, 1.82) is 0 Å². The maximum absolute atomic E-state index is 6.42. The van der Waals surface area contributed by atoms with Crippen LogP contribution in [-0.2, 0) is 12.8 Å². The van der Waals surface area contributed by atoms with Gasteiger partial charge >= 0.3 is 0 Å². The Bertz CT molecular complexity index is 502. The van der Waals surface area contributed by atoms with Crippen LogP contribution in [0.2, 0.25) is 0 Å². The maximum atomic E-state index is 6.42. The van der Waals surface area contributed by atoms with Gasteiger partial charge in [0.2, 0.25) is 0 Å². The molecule has 1 aliphatic heterocycles. The summed E-state index contributed by atoms with van der Waals surface area (Å²) in [5.74, 6) is 2.63. The van der Waals surface area contributed by atoms with Gasteiger partial charge in [-0.25, -0.2) is 0 Å². The number of ether oxygens (including phenoxy) is 1. The van der Waals surface area contributed by atoms with Crippen molar-refractivity contribution in [3.8, 4) is 5.75 Å². The Balaban J connectivity index is 1.76. The minimum absolute atomic E-state index is 0.356. The van der Waals surface area contributed by atoms with Crippen molar-refractivity contribution in [3.63, 3.8) is 0 Å². The lowest BCUT2D eigenvalue weighted by atomic mass is 9.74. The smallest absolute Gasteiger partial charge is 0.125 e. The van der Waals surface area contributed by atoms with Gasteiger partial charge in [-0.3, -0.25) is 0 Å².